The first-order valence-corrected chi connectivity index (χ1v) is 7.28. The van der Waals surface area contributed by atoms with Gasteiger partial charge in [0.1, 0.15) is 5.82 Å². The van der Waals surface area contributed by atoms with E-state index in [0.29, 0.717) is 6.61 Å². The highest BCUT2D eigenvalue weighted by Gasteiger charge is 2.23. The lowest BCUT2D eigenvalue weighted by atomic mass is 10.3. The summed E-state index contributed by atoms with van der Waals surface area (Å²) in [4.78, 5) is 0. The summed E-state index contributed by atoms with van der Waals surface area (Å²) in [6, 6.07) is 3.80. The van der Waals surface area contributed by atoms with E-state index in [1.807, 2.05) is 0 Å². The van der Waals surface area contributed by atoms with Gasteiger partial charge in [-0.1, -0.05) is 0 Å². The molecular formula is C11H15FN2O3S. The molecule has 5 nitrogen and oxygen atoms in total. The normalized spacial score (nSPS) is 19.9. The number of nitrogens with two attached hydrogens (primary N) is 1. The third-order valence-electron chi connectivity index (χ3n) is 2.70. The molecule has 7 heteroatoms. The summed E-state index contributed by atoms with van der Waals surface area (Å²) in [6.07, 6.45) is 1.33. The number of hydrogen-bond acceptors (Lipinski definition) is 4. The number of nitrogens with one attached hydrogen (secondary N) is 1. The highest BCUT2D eigenvalue weighted by Crippen LogP contribution is 2.19. The Hall–Kier alpha value is -1.34. The molecule has 0 spiro atoms. The fourth-order valence-corrected chi connectivity index (χ4v) is 3.15. The molecule has 0 aromatic heterocycles. The van der Waals surface area contributed by atoms with Crippen LogP contribution in [0.15, 0.2) is 18.2 Å². The number of sulfonamides is 1. The van der Waals surface area contributed by atoms with Gasteiger partial charge in [-0.15, -0.1) is 0 Å². The average Bonchev–Trinajstić information content (AvgIpc) is 2.75. The van der Waals surface area contributed by atoms with Crippen LogP contribution in [0.3, 0.4) is 0 Å². The summed E-state index contributed by atoms with van der Waals surface area (Å²) >= 11 is 0. The smallest absolute Gasteiger partial charge is 0.235 e. The molecule has 1 aliphatic rings. The average molecular weight is 274 g/mol. The van der Waals surface area contributed by atoms with Gasteiger partial charge in [0.05, 0.1) is 23.2 Å². The van der Waals surface area contributed by atoms with E-state index in [1.54, 1.807) is 0 Å². The summed E-state index contributed by atoms with van der Waals surface area (Å²) in [7, 11) is -3.53. The first kappa shape index (κ1) is 13.1. The lowest BCUT2D eigenvalue weighted by Crippen LogP contribution is -2.25. The van der Waals surface area contributed by atoms with E-state index in [4.69, 9.17) is 10.5 Å². The van der Waals surface area contributed by atoms with Crippen molar-refractivity contribution in [2.45, 2.75) is 18.9 Å². The van der Waals surface area contributed by atoms with Crippen LogP contribution < -0.4 is 10.5 Å². The minimum atomic E-state index is -3.53. The number of ether oxygens (including phenoxy) is 1. The molecule has 1 saturated heterocycles. The maximum absolute atomic E-state index is 13.2. The predicted octanol–water partition coefficient (Wildman–Crippen LogP) is 1.33. The second-order valence-electron chi connectivity index (χ2n) is 4.25. The van der Waals surface area contributed by atoms with Gasteiger partial charge in [-0.3, -0.25) is 4.72 Å². The molecule has 100 valence electrons. The number of anilines is 2. The molecule has 1 unspecified atom stereocenters. The monoisotopic (exact) mass is 274 g/mol. The summed E-state index contributed by atoms with van der Waals surface area (Å²) in [6.45, 7) is 0.594. The van der Waals surface area contributed by atoms with Crippen LogP contribution in [-0.4, -0.2) is 26.9 Å². The summed E-state index contributed by atoms with van der Waals surface area (Å²) in [5, 5.41) is 0. The van der Waals surface area contributed by atoms with Crippen molar-refractivity contribution in [2.24, 2.45) is 0 Å². The lowest BCUT2D eigenvalue weighted by Gasteiger charge is -2.12. The minimum Gasteiger partial charge on any atom is -0.396 e. The second-order valence-corrected chi connectivity index (χ2v) is 6.02. The summed E-state index contributed by atoms with van der Waals surface area (Å²) in [5.74, 6) is -0.758. The fraction of sp³-hybridized carbons (Fsp3) is 0.455. The molecule has 1 heterocycles. The third-order valence-corrected chi connectivity index (χ3v) is 4.06. The van der Waals surface area contributed by atoms with Gasteiger partial charge in [0.25, 0.3) is 0 Å². The van der Waals surface area contributed by atoms with Gasteiger partial charge < -0.3 is 10.5 Å². The maximum Gasteiger partial charge on any atom is 0.235 e. The summed E-state index contributed by atoms with van der Waals surface area (Å²) < 4.78 is 44.4. The van der Waals surface area contributed by atoms with Crippen molar-refractivity contribution < 1.29 is 17.5 Å². The van der Waals surface area contributed by atoms with E-state index < -0.39 is 15.8 Å². The van der Waals surface area contributed by atoms with Crippen molar-refractivity contribution in [3.8, 4) is 0 Å². The maximum atomic E-state index is 13.2. The summed E-state index contributed by atoms with van der Waals surface area (Å²) in [5.41, 5.74) is 5.46. The van der Waals surface area contributed by atoms with Crippen LogP contribution in [-0.2, 0) is 14.8 Å². The van der Waals surface area contributed by atoms with E-state index in [-0.39, 0.29) is 23.2 Å². The van der Waals surface area contributed by atoms with Gasteiger partial charge in [0, 0.05) is 12.7 Å². The minimum absolute atomic E-state index is 0.0166. The zero-order chi connectivity index (χ0) is 13.2. The standard InChI is InChI=1S/C11H15FN2O3S/c12-10-6-8(3-4-11(10)13)14-18(15,16)7-9-2-1-5-17-9/h3-4,6,9,14H,1-2,5,7,13H2. The van der Waals surface area contributed by atoms with Gasteiger partial charge >= 0.3 is 0 Å². The highest BCUT2D eigenvalue weighted by molar-refractivity contribution is 7.92. The molecule has 0 amide bonds. The largest absolute Gasteiger partial charge is 0.396 e. The number of benzene rings is 1. The molecule has 0 bridgehead atoms. The Labute approximate surface area is 105 Å². The Morgan fingerprint density at radius 2 is 2.28 bits per heavy atom. The molecule has 1 atom stereocenters. The van der Waals surface area contributed by atoms with E-state index in [9.17, 15) is 12.8 Å². The first-order valence-electron chi connectivity index (χ1n) is 5.63. The topological polar surface area (TPSA) is 81.4 Å². The SMILES string of the molecule is Nc1ccc(NS(=O)(=O)CC2CCCO2)cc1F. The van der Waals surface area contributed by atoms with Crippen LogP contribution in [0.1, 0.15) is 12.8 Å². The van der Waals surface area contributed by atoms with Gasteiger partial charge in [-0.25, -0.2) is 12.8 Å². The Morgan fingerprint density at radius 3 is 2.89 bits per heavy atom. The Balaban J connectivity index is 2.04. The molecule has 0 aliphatic carbocycles. The van der Waals surface area contributed by atoms with Crippen molar-refractivity contribution in [1.82, 2.24) is 0 Å². The van der Waals surface area contributed by atoms with Crippen molar-refractivity contribution in [3.63, 3.8) is 0 Å². The first-order chi connectivity index (χ1) is 8.46. The lowest BCUT2D eigenvalue weighted by molar-refractivity contribution is 0.127. The Morgan fingerprint density at radius 1 is 1.50 bits per heavy atom. The molecule has 18 heavy (non-hydrogen) atoms. The van der Waals surface area contributed by atoms with Gasteiger partial charge in [0.2, 0.25) is 10.0 Å². The molecule has 1 aromatic carbocycles. The molecule has 1 aromatic rings. The van der Waals surface area contributed by atoms with Crippen molar-refractivity contribution in [3.05, 3.63) is 24.0 Å². The number of rotatable bonds is 4. The van der Waals surface area contributed by atoms with Gasteiger partial charge in [-0.05, 0) is 25.0 Å². The molecule has 0 radical (unpaired) electrons. The molecular weight excluding hydrogens is 259 g/mol. The number of hydrogen-bond donors (Lipinski definition) is 2. The molecule has 1 aliphatic heterocycles. The van der Waals surface area contributed by atoms with E-state index in [2.05, 4.69) is 4.72 Å². The van der Waals surface area contributed by atoms with E-state index >= 15 is 0 Å². The number of nitrogen functional groups attached to an aromatic ring is 1. The van der Waals surface area contributed by atoms with E-state index in [1.165, 1.54) is 12.1 Å². The van der Waals surface area contributed by atoms with Crippen molar-refractivity contribution in [2.75, 3.05) is 22.8 Å². The van der Waals surface area contributed by atoms with Crippen LogP contribution >= 0.6 is 0 Å². The van der Waals surface area contributed by atoms with Crippen LogP contribution in [0.5, 0.6) is 0 Å². The van der Waals surface area contributed by atoms with Crippen molar-refractivity contribution in [1.29, 1.82) is 0 Å². The molecule has 3 N–H and O–H groups in total. The van der Waals surface area contributed by atoms with Gasteiger partial charge in [-0.2, -0.15) is 0 Å². The van der Waals surface area contributed by atoms with Crippen LogP contribution in [0.25, 0.3) is 0 Å². The highest BCUT2D eigenvalue weighted by atomic mass is 32.2. The van der Waals surface area contributed by atoms with Crippen LogP contribution in [0.2, 0.25) is 0 Å². The second kappa shape index (κ2) is 5.11. The Kier molecular flexibility index (Phi) is 3.72. The fourth-order valence-electron chi connectivity index (χ4n) is 1.83. The quantitative estimate of drug-likeness (QED) is 0.812. The third kappa shape index (κ3) is 3.33. The molecule has 2 rings (SSSR count). The van der Waals surface area contributed by atoms with Crippen molar-refractivity contribution >= 4 is 21.4 Å². The van der Waals surface area contributed by atoms with Crippen LogP contribution in [0.4, 0.5) is 15.8 Å². The zero-order valence-corrected chi connectivity index (χ0v) is 10.5. The van der Waals surface area contributed by atoms with E-state index in [0.717, 1.165) is 18.9 Å². The zero-order valence-electron chi connectivity index (χ0n) is 9.73. The Bertz CT molecular complexity index is 527. The molecule has 1 fully saturated rings. The van der Waals surface area contributed by atoms with Gasteiger partial charge in [0.15, 0.2) is 0 Å². The van der Waals surface area contributed by atoms with Crippen LogP contribution in [0, 0.1) is 5.82 Å². The predicted molar refractivity (Wildman–Crippen MR) is 67.2 cm³/mol. The molecule has 0 saturated carbocycles. The number of halogens is 1.